The third kappa shape index (κ3) is 8.89. The zero-order valence-corrected chi connectivity index (χ0v) is 11.5. The Morgan fingerprint density at radius 2 is 2.00 bits per heavy atom. The number of rotatable bonds is 8. The Balaban J connectivity index is 3.98. The Morgan fingerprint density at radius 3 is 2.38 bits per heavy atom. The van der Waals surface area contributed by atoms with Crippen LogP contribution in [0.2, 0.25) is 0 Å². The molecule has 3 nitrogen and oxygen atoms in total. The van der Waals surface area contributed by atoms with Crippen molar-refractivity contribution in [3.05, 3.63) is 12.2 Å². The summed E-state index contributed by atoms with van der Waals surface area (Å²) in [6, 6.07) is 0.487. The topological polar surface area (TPSA) is 35.5 Å². The van der Waals surface area contributed by atoms with Gasteiger partial charge in [-0.05, 0) is 26.0 Å². The van der Waals surface area contributed by atoms with Crippen molar-refractivity contribution in [2.75, 3.05) is 26.2 Å². The zero-order valence-electron chi connectivity index (χ0n) is 11.5. The molecule has 0 aliphatic rings. The third-order valence-corrected chi connectivity index (χ3v) is 2.27. The molecule has 0 amide bonds. The lowest BCUT2D eigenvalue weighted by Gasteiger charge is -2.28. The van der Waals surface area contributed by atoms with Crippen LogP contribution in [0.15, 0.2) is 12.2 Å². The second-order valence-electron chi connectivity index (χ2n) is 5.40. The van der Waals surface area contributed by atoms with Crippen LogP contribution in [0.25, 0.3) is 0 Å². The zero-order chi connectivity index (χ0) is 12.8. The summed E-state index contributed by atoms with van der Waals surface area (Å²) in [4.78, 5) is 2.21. The van der Waals surface area contributed by atoms with E-state index in [0.29, 0.717) is 12.6 Å². The maximum atomic E-state index is 9.76. The lowest BCUT2D eigenvalue weighted by atomic mass is 10.1. The first-order valence-corrected chi connectivity index (χ1v) is 6.09. The Bertz CT molecular complexity index is 206. The fourth-order valence-corrected chi connectivity index (χ4v) is 1.55. The van der Waals surface area contributed by atoms with Crippen LogP contribution in [-0.2, 0) is 0 Å². The second kappa shape index (κ2) is 7.05. The highest BCUT2D eigenvalue weighted by atomic mass is 16.3. The standard InChI is InChI=1S/C13H28N2O/c1-7-15(10-13(5,6)16)9-12(4)8-14-11(2)3/h11,14,16H,4,7-10H2,1-3,5-6H3. The Morgan fingerprint density at radius 1 is 1.44 bits per heavy atom. The van der Waals surface area contributed by atoms with Crippen LogP contribution in [0.3, 0.4) is 0 Å². The SMILES string of the molecule is C=C(CNC(C)C)CN(CC)CC(C)(C)O. The first kappa shape index (κ1) is 15.6. The van der Waals surface area contributed by atoms with Crippen molar-refractivity contribution in [2.24, 2.45) is 0 Å². The lowest BCUT2D eigenvalue weighted by molar-refractivity contribution is 0.0407. The molecule has 0 radical (unpaired) electrons. The molecule has 0 aliphatic heterocycles. The van der Waals surface area contributed by atoms with Gasteiger partial charge in [0, 0.05) is 25.7 Å². The molecule has 0 spiro atoms. The summed E-state index contributed by atoms with van der Waals surface area (Å²) < 4.78 is 0. The minimum absolute atomic E-state index is 0.487. The highest BCUT2D eigenvalue weighted by molar-refractivity contribution is 5.00. The van der Waals surface area contributed by atoms with Crippen LogP contribution in [0.4, 0.5) is 0 Å². The summed E-state index contributed by atoms with van der Waals surface area (Å²) in [5, 5.41) is 13.1. The van der Waals surface area contributed by atoms with E-state index in [4.69, 9.17) is 0 Å². The first-order valence-electron chi connectivity index (χ1n) is 6.09. The van der Waals surface area contributed by atoms with Gasteiger partial charge in [0.2, 0.25) is 0 Å². The first-order chi connectivity index (χ1) is 7.24. The summed E-state index contributed by atoms with van der Waals surface area (Å²) in [7, 11) is 0. The molecule has 0 saturated carbocycles. The van der Waals surface area contributed by atoms with Crippen LogP contribution < -0.4 is 5.32 Å². The van der Waals surface area contributed by atoms with Crippen LogP contribution in [0.1, 0.15) is 34.6 Å². The van der Waals surface area contributed by atoms with Gasteiger partial charge in [-0.1, -0.05) is 27.4 Å². The van der Waals surface area contributed by atoms with Gasteiger partial charge in [-0.25, -0.2) is 0 Å². The van der Waals surface area contributed by atoms with Gasteiger partial charge in [0.15, 0.2) is 0 Å². The van der Waals surface area contributed by atoms with Gasteiger partial charge in [0.05, 0.1) is 5.60 Å². The van der Waals surface area contributed by atoms with E-state index in [2.05, 4.69) is 37.6 Å². The molecule has 0 atom stereocenters. The normalized spacial score (nSPS) is 12.5. The van der Waals surface area contributed by atoms with Crippen LogP contribution in [0, 0.1) is 0 Å². The van der Waals surface area contributed by atoms with Gasteiger partial charge in [-0.2, -0.15) is 0 Å². The molecule has 0 bridgehead atoms. The summed E-state index contributed by atoms with van der Waals surface area (Å²) in [5.41, 5.74) is 0.529. The predicted molar refractivity (Wildman–Crippen MR) is 70.7 cm³/mol. The molecule has 0 saturated heterocycles. The van der Waals surface area contributed by atoms with E-state index in [1.54, 1.807) is 0 Å². The molecule has 0 aromatic carbocycles. The number of nitrogens with zero attached hydrogens (tertiary/aromatic N) is 1. The van der Waals surface area contributed by atoms with E-state index in [1.807, 2.05) is 13.8 Å². The van der Waals surface area contributed by atoms with Crippen LogP contribution >= 0.6 is 0 Å². The van der Waals surface area contributed by atoms with Crippen LogP contribution in [0.5, 0.6) is 0 Å². The molecule has 2 N–H and O–H groups in total. The maximum absolute atomic E-state index is 9.76. The average Bonchev–Trinajstić information content (AvgIpc) is 2.11. The number of nitrogens with one attached hydrogen (secondary N) is 1. The Kier molecular flexibility index (Phi) is 6.88. The van der Waals surface area contributed by atoms with E-state index >= 15 is 0 Å². The molecule has 3 heteroatoms. The summed E-state index contributed by atoms with van der Waals surface area (Å²) in [5.74, 6) is 0. The lowest BCUT2D eigenvalue weighted by Crippen LogP contribution is -2.40. The minimum Gasteiger partial charge on any atom is -0.389 e. The van der Waals surface area contributed by atoms with Crippen LogP contribution in [-0.4, -0.2) is 47.8 Å². The molecule has 0 aromatic heterocycles. The van der Waals surface area contributed by atoms with Gasteiger partial charge in [0.25, 0.3) is 0 Å². The molecular weight excluding hydrogens is 200 g/mol. The van der Waals surface area contributed by atoms with E-state index < -0.39 is 5.60 Å². The van der Waals surface area contributed by atoms with E-state index in [-0.39, 0.29) is 0 Å². The monoisotopic (exact) mass is 228 g/mol. The van der Waals surface area contributed by atoms with Crippen molar-refractivity contribution in [2.45, 2.75) is 46.3 Å². The molecule has 0 aromatic rings. The Labute approximate surface area is 101 Å². The highest BCUT2D eigenvalue weighted by Crippen LogP contribution is 2.06. The number of likely N-dealkylation sites (N-methyl/N-ethyl adjacent to an activating group) is 1. The Hall–Kier alpha value is -0.380. The summed E-state index contributed by atoms with van der Waals surface area (Å²) in [6.07, 6.45) is 0. The molecular formula is C13H28N2O. The quantitative estimate of drug-likeness (QED) is 0.620. The largest absolute Gasteiger partial charge is 0.389 e. The van der Waals surface area contributed by atoms with Crippen molar-refractivity contribution in [3.8, 4) is 0 Å². The molecule has 0 rings (SSSR count). The minimum atomic E-state index is -0.637. The van der Waals surface area contributed by atoms with Gasteiger partial charge in [-0.3, -0.25) is 4.90 Å². The molecule has 96 valence electrons. The van der Waals surface area contributed by atoms with Crippen molar-refractivity contribution in [1.82, 2.24) is 10.2 Å². The van der Waals surface area contributed by atoms with E-state index in [9.17, 15) is 5.11 Å². The van der Waals surface area contributed by atoms with Gasteiger partial charge >= 0.3 is 0 Å². The highest BCUT2D eigenvalue weighted by Gasteiger charge is 2.17. The predicted octanol–water partition coefficient (Wildman–Crippen LogP) is 1.63. The van der Waals surface area contributed by atoms with Gasteiger partial charge in [-0.15, -0.1) is 0 Å². The molecule has 0 heterocycles. The summed E-state index contributed by atoms with van der Waals surface area (Å²) in [6.45, 7) is 17.4. The smallest absolute Gasteiger partial charge is 0.0718 e. The molecule has 0 unspecified atom stereocenters. The fraction of sp³-hybridized carbons (Fsp3) is 0.846. The number of hydrogen-bond donors (Lipinski definition) is 2. The van der Waals surface area contributed by atoms with Crippen molar-refractivity contribution < 1.29 is 5.11 Å². The molecule has 16 heavy (non-hydrogen) atoms. The van der Waals surface area contributed by atoms with E-state index in [0.717, 1.165) is 19.6 Å². The average molecular weight is 228 g/mol. The fourth-order valence-electron chi connectivity index (χ4n) is 1.55. The molecule has 0 aliphatic carbocycles. The second-order valence-corrected chi connectivity index (χ2v) is 5.40. The maximum Gasteiger partial charge on any atom is 0.0718 e. The number of aliphatic hydroxyl groups is 1. The van der Waals surface area contributed by atoms with Crippen molar-refractivity contribution in [3.63, 3.8) is 0 Å². The van der Waals surface area contributed by atoms with E-state index in [1.165, 1.54) is 5.57 Å². The van der Waals surface area contributed by atoms with Crippen molar-refractivity contribution in [1.29, 1.82) is 0 Å². The summed E-state index contributed by atoms with van der Waals surface area (Å²) >= 11 is 0. The van der Waals surface area contributed by atoms with Gasteiger partial charge in [0.1, 0.15) is 0 Å². The van der Waals surface area contributed by atoms with Gasteiger partial charge < -0.3 is 10.4 Å². The third-order valence-electron chi connectivity index (χ3n) is 2.27. The number of hydrogen-bond acceptors (Lipinski definition) is 3. The van der Waals surface area contributed by atoms with Crippen molar-refractivity contribution >= 4 is 0 Å². The molecule has 0 fully saturated rings.